The summed E-state index contributed by atoms with van der Waals surface area (Å²) in [5, 5.41) is 3.90. The standard InChI is InChI=1S/C19H22ClN5O3S/c1-5-25-16-15(17(27)24(4)19(28)23(16)3)22-18(25)29-9-8-14(26)21-13-7-6-11(2)10-12(13)20/h6-7,10H,5,8-9H2,1-4H3,(H,21,26). The van der Waals surface area contributed by atoms with E-state index in [1.54, 1.807) is 19.2 Å². The Balaban J connectivity index is 1.76. The molecular weight excluding hydrogens is 414 g/mol. The fourth-order valence-corrected chi connectivity index (χ4v) is 4.31. The van der Waals surface area contributed by atoms with Gasteiger partial charge < -0.3 is 9.88 Å². The quantitative estimate of drug-likeness (QED) is 0.601. The molecule has 3 rings (SSSR count). The SMILES string of the molecule is CCn1c(SCCC(=O)Nc2ccc(C)cc2Cl)nc2c(=O)n(C)c(=O)n(C)c21. The van der Waals surface area contributed by atoms with Crippen molar-refractivity contribution >= 4 is 46.1 Å². The van der Waals surface area contributed by atoms with E-state index < -0.39 is 11.2 Å². The van der Waals surface area contributed by atoms with Crippen LogP contribution in [0.4, 0.5) is 5.69 Å². The van der Waals surface area contributed by atoms with E-state index in [0.717, 1.165) is 10.1 Å². The summed E-state index contributed by atoms with van der Waals surface area (Å²) in [6.45, 7) is 4.39. The number of hydrogen-bond donors (Lipinski definition) is 1. The van der Waals surface area contributed by atoms with Crippen molar-refractivity contribution in [1.82, 2.24) is 18.7 Å². The van der Waals surface area contributed by atoms with Gasteiger partial charge in [0.25, 0.3) is 5.56 Å². The average Bonchev–Trinajstić information content (AvgIpc) is 3.05. The van der Waals surface area contributed by atoms with Crippen LogP contribution in [0.2, 0.25) is 5.02 Å². The van der Waals surface area contributed by atoms with Gasteiger partial charge in [-0.1, -0.05) is 29.4 Å². The Bertz CT molecular complexity index is 1210. The molecule has 0 unspecified atom stereocenters. The first kappa shape index (κ1) is 21.2. The summed E-state index contributed by atoms with van der Waals surface area (Å²) < 4.78 is 4.28. The topological polar surface area (TPSA) is 90.9 Å². The minimum Gasteiger partial charge on any atom is -0.325 e. The van der Waals surface area contributed by atoms with Crippen LogP contribution in [-0.2, 0) is 25.4 Å². The molecule has 8 nitrogen and oxygen atoms in total. The van der Waals surface area contributed by atoms with Gasteiger partial charge in [-0.3, -0.25) is 18.7 Å². The maximum absolute atomic E-state index is 12.4. The highest BCUT2D eigenvalue weighted by Gasteiger charge is 2.18. The molecule has 2 heterocycles. The van der Waals surface area contributed by atoms with Gasteiger partial charge in [0.05, 0.1) is 10.7 Å². The minimum absolute atomic E-state index is 0.161. The van der Waals surface area contributed by atoms with E-state index in [4.69, 9.17) is 11.6 Å². The molecule has 0 bridgehead atoms. The van der Waals surface area contributed by atoms with Gasteiger partial charge in [-0.2, -0.15) is 0 Å². The molecular formula is C19H22ClN5O3S. The van der Waals surface area contributed by atoms with Crippen molar-refractivity contribution in [3.05, 3.63) is 49.6 Å². The zero-order valence-corrected chi connectivity index (χ0v) is 18.2. The first-order valence-electron chi connectivity index (χ1n) is 9.09. The van der Waals surface area contributed by atoms with Crippen molar-refractivity contribution in [2.45, 2.75) is 32.0 Å². The molecule has 1 aromatic carbocycles. The summed E-state index contributed by atoms with van der Waals surface area (Å²) in [4.78, 5) is 41.3. The van der Waals surface area contributed by atoms with Crippen LogP contribution in [0.3, 0.4) is 0 Å². The van der Waals surface area contributed by atoms with E-state index >= 15 is 0 Å². The second-order valence-corrected chi connectivity index (χ2v) is 8.12. The van der Waals surface area contributed by atoms with Crippen LogP contribution in [0.5, 0.6) is 0 Å². The number of carbonyl (C=O) groups is 1. The molecule has 0 atom stereocenters. The van der Waals surface area contributed by atoms with Crippen molar-refractivity contribution in [2.24, 2.45) is 14.1 Å². The van der Waals surface area contributed by atoms with Crippen LogP contribution in [0.15, 0.2) is 32.9 Å². The van der Waals surface area contributed by atoms with Crippen LogP contribution in [0, 0.1) is 6.92 Å². The number of imidazole rings is 1. The predicted octanol–water partition coefficient (Wildman–Crippen LogP) is 2.54. The molecule has 1 N–H and O–H groups in total. The number of aryl methyl sites for hydroxylation is 3. The lowest BCUT2D eigenvalue weighted by Gasteiger charge is -2.09. The fourth-order valence-electron chi connectivity index (χ4n) is 3.03. The third-order valence-electron chi connectivity index (χ3n) is 4.58. The fraction of sp³-hybridized carbons (Fsp3) is 0.368. The first-order chi connectivity index (χ1) is 13.7. The molecule has 0 radical (unpaired) electrons. The van der Waals surface area contributed by atoms with Crippen molar-refractivity contribution in [3.63, 3.8) is 0 Å². The molecule has 0 fully saturated rings. The lowest BCUT2D eigenvalue weighted by Crippen LogP contribution is -2.37. The summed E-state index contributed by atoms with van der Waals surface area (Å²) >= 11 is 7.52. The van der Waals surface area contributed by atoms with E-state index in [0.29, 0.717) is 33.8 Å². The Kier molecular flexibility index (Phi) is 6.18. The normalized spacial score (nSPS) is 11.2. The highest BCUT2D eigenvalue weighted by molar-refractivity contribution is 7.99. The Morgan fingerprint density at radius 2 is 1.97 bits per heavy atom. The van der Waals surface area contributed by atoms with Crippen molar-refractivity contribution < 1.29 is 4.79 Å². The van der Waals surface area contributed by atoms with E-state index in [-0.39, 0.29) is 17.8 Å². The van der Waals surface area contributed by atoms with Gasteiger partial charge >= 0.3 is 5.69 Å². The van der Waals surface area contributed by atoms with Crippen molar-refractivity contribution in [2.75, 3.05) is 11.1 Å². The number of aromatic nitrogens is 4. The monoisotopic (exact) mass is 435 g/mol. The van der Waals surface area contributed by atoms with Gasteiger partial charge in [-0.25, -0.2) is 9.78 Å². The number of nitrogens with one attached hydrogen (secondary N) is 1. The summed E-state index contributed by atoms with van der Waals surface area (Å²) in [6, 6.07) is 5.44. The lowest BCUT2D eigenvalue weighted by molar-refractivity contribution is -0.115. The smallest absolute Gasteiger partial charge is 0.325 e. The second-order valence-electron chi connectivity index (χ2n) is 6.65. The van der Waals surface area contributed by atoms with Crippen molar-refractivity contribution in [1.29, 1.82) is 0 Å². The summed E-state index contributed by atoms with van der Waals surface area (Å²) in [5.41, 5.74) is 1.50. The second kappa shape index (κ2) is 8.46. The molecule has 0 spiro atoms. The van der Waals surface area contributed by atoms with E-state index in [1.165, 1.54) is 23.4 Å². The number of fused-ring (bicyclic) bond motifs is 1. The average molecular weight is 436 g/mol. The van der Waals surface area contributed by atoms with Gasteiger partial charge in [-0.15, -0.1) is 0 Å². The van der Waals surface area contributed by atoms with Crippen LogP contribution in [0.1, 0.15) is 18.9 Å². The predicted molar refractivity (Wildman–Crippen MR) is 116 cm³/mol. The van der Waals surface area contributed by atoms with Gasteiger partial charge in [0.1, 0.15) is 0 Å². The van der Waals surface area contributed by atoms with Crippen molar-refractivity contribution in [3.8, 4) is 0 Å². The Morgan fingerprint density at radius 3 is 2.62 bits per heavy atom. The van der Waals surface area contributed by atoms with Gasteiger partial charge in [-0.05, 0) is 31.5 Å². The number of rotatable bonds is 6. The van der Waals surface area contributed by atoms with Crippen LogP contribution < -0.4 is 16.6 Å². The summed E-state index contributed by atoms with van der Waals surface area (Å²) in [5.74, 6) is 0.304. The largest absolute Gasteiger partial charge is 0.332 e. The summed E-state index contributed by atoms with van der Waals surface area (Å²) in [6.07, 6.45) is 0.249. The van der Waals surface area contributed by atoms with Crippen LogP contribution in [-0.4, -0.2) is 30.3 Å². The molecule has 29 heavy (non-hydrogen) atoms. The highest BCUT2D eigenvalue weighted by atomic mass is 35.5. The number of benzene rings is 1. The van der Waals surface area contributed by atoms with Gasteiger partial charge in [0.2, 0.25) is 5.91 Å². The van der Waals surface area contributed by atoms with Crippen LogP contribution in [0.25, 0.3) is 11.2 Å². The minimum atomic E-state index is -0.427. The maximum atomic E-state index is 12.4. The first-order valence-corrected chi connectivity index (χ1v) is 10.5. The lowest BCUT2D eigenvalue weighted by atomic mass is 10.2. The molecule has 3 aromatic rings. The van der Waals surface area contributed by atoms with E-state index in [2.05, 4.69) is 10.3 Å². The molecule has 0 aliphatic rings. The molecule has 0 aliphatic carbocycles. The zero-order chi connectivity index (χ0) is 21.3. The van der Waals surface area contributed by atoms with E-state index in [1.807, 2.05) is 24.5 Å². The molecule has 2 aromatic heterocycles. The highest BCUT2D eigenvalue weighted by Crippen LogP contribution is 2.24. The van der Waals surface area contributed by atoms with Gasteiger partial charge in [0, 0.05) is 32.8 Å². The molecule has 0 saturated heterocycles. The Labute approximate surface area is 176 Å². The number of nitrogens with zero attached hydrogens (tertiary/aromatic N) is 4. The van der Waals surface area contributed by atoms with Crippen LogP contribution >= 0.6 is 23.4 Å². The number of anilines is 1. The molecule has 0 saturated carbocycles. The number of halogens is 1. The number of carbonyl (C=O) groups excluding carboxylic acids is 1. The molecule has 0 aliphatic heterocycles. The summed E-state index contributed by atoms with van der Waals surface area (Å²) in [7, 11) is 3.05. The maximum Gasteiger partial charge on any atom is 0.332 e. The third kappa shape index (κ3) is 4.11. The van der Waals surface area contributed by atoms with Gasteiger partial charge in [0.15, 0.2) is 16.3 Å². The van der Waals surface area contributed by atoms with E-state index in [9.17, 15) is 14.4 Å². The Morgan fingerprint density at radius 1 is 1.24 bits per heavy atom. The Hall–Kier alpha value is -2.52. The number of amides is 1. The number of thioether (sulfide) groups is 1. The molecule has 154 valence electrons. The third-order valence-corrected chi connectivity index (χ3v) is 5.87. The molecule has 1 amide bonds. The molecule has 10 heteroatoms. The zero-order valence-electron chi connectivity index (χ0n) is 16.7. The number of hydrogen-bond acceptors (Lipinski definition) is 5.